The van der Waals surface area contributed by atoms with Crippen LogP contribution in [0.15, 0.2) is 18.2 Å². The standard InChI is InChI=1S/C12H19NO2/c1-2-3-4-5-10(13)9-6-7-11(14)12(15)8-9/h6-8,10,14-15H,2-5,13H2,1H3/t10-/m1/s1. The predicted molar refractivity (Wildman–Crippen MR) is 60.8 cm³/mol. The summed E-state index contributed by atoms with van der Waals surface area (Å²) in [6.45, 7) is 2.15. The van der Waals surface area contributed by atoms with E-state index in [0.29, 0.717) is 0 Å². The van der Waals surface area contributed by atoms with Crippen molar-refractivity contribution >= 4 is 0 Å². The molecular formula is C12H19NO2. The van der Waals surface area contributed by atoms with Crippen LogP contribution in [0.1, 0.15) is 44.2 Å². The van der Waals surface area contributed by atoms with E-state index in [1.807, 2.05) is 0 Å². The highest BCUT2D eigenvalue weighted by Gasteiger charge is 2.08. The molecule has 15 heavy (non-hydrogen) atoms. The van der Waals surface area contributed by atoms with Gasteiger partial charge < -0.3 is 15.9 Å². The van der Waals surface area contributed by atoms with Crippen LogP contribution in [0, 0.1) is 0 Å². The van der Waals surface area contributed by atoms with E-state index in [1.54, 1.807) is 6.07 Å². The van der Waals surface area contributed by atoms with Gasteiger partial charge in [0.15, 0.2) is 11.5 Å². The van der Waals surface area contributed by atoms with Crippen molar-refractivity contribution in [1.29, 1.82) is 0 Å². The lowest BCUT2D eigenvalue weighted by Crippen LogP contribution is -2.09. The van der Waals surface area contributed by atoms with Crippen LogP contribution in [-0.4, -0.2) is 10.2 Å². The fourth-order valence-corrected chi connectivity index (χ4v) is 1.55. The number of hydrogen-bond donors (Lipinski definition) is 3. The quantitative estimate of drug-likeness (QED) is 0.516. The highest BCUT2D eigenvalue weighted by Crippen LogP contribution is 2.28. The smallest absolute Gasteiger partial charge is 0.157 e. The Morgan fingerprint density at radius 3 is 2.53 bits per heavy atom. The second-order valence-electron chi connectivity index (χ2n) is 3.85. The summed E-state index contributed by atoms with van der Waals surface area (Å²) in [5.74, 6) is -0.196. The first-order valence-electron chi connectivity index (χ1n) is 5.42. The summed E-state index contributed by atoms with van der Waals surface area (Å²) in [6, 6.07) is 4.71. The lowest BCUT2D eigenvalue weighted by atomic mass is 10.0. The molecule has 0 spiro atoms. The Morgan fingerprint density at radius 2 is 1.93 bits per heavy atom. The topological polar surface area (TPSA) is 66.5 Å². The highest BCUT2D eigenvalue weighted by atomic mass is 16.3. The Labute approximate surface area is 90.5 Å². The molecule has 4 N–H and O–H groups in total. The van der Waals surface area contributed by atoms with E-state index >= 15 is 0 Å². The fraction of sp³-hybridized carbons (Fsp3) is 0.500. The van der Waals surface area contributed by atoms with E-state index in [0.717, 1.165) is 18.4 Å². The maximum absolute atomic E-state index is 9.32. The normalized spacial score (nSPS) is 12.7. The Hall–Kier alpha value is -1.22. The molecule has 0 amide bonds. The third-order valence-electron chi connectivity index (χ3n) is 2.55. The van der Waals surface area contributed by atoms with Crippen LogP contribution >= 0.6 is 0 Å². The Balaban J connectivity index is 2.57. The van der Waals surface area contributed by atoms with Crippen molar-refractivity contribution in [2.24, 2.45) is 5.73 Å². The van der Waals surface area contributed by atoms with E-state index in [-0.39, 0.29) is 17.5 Å². The summed E-state index contributed by atoms with van der Waals surface area (Å²) in [4.78, 5) is 0. The van der Waals surface area contributed by atoms with Crippen molar-refractivity contribution in [2.45, 2.75) is 38.6 Å². The molecule has 1 atom stereocenters. The Morgan fingerprint density at radius 1 is 1.20 bits per heavy atom. The van der Waals surface area contributed by atoms with Crippen LogP contribution in [0.5, 0.6) is 11.5 Å². The molecule has 0 aliphatic carbocycles. The monoisotopic (exact) mass is 209 g/mol. The molecule has 0 unspecified atom stereocenters. The second kappa shape index (κ2) is 5.61. The molecule has 0 saturated heterocycles. The molecule has 0 bridgehead atoms. The Kier molecular flexibility index (Phi) is 4.43. The first-order valence-corrected chi connectivity index (χ1v) is 5.42. The van der Waals surface area contributed by atoms with Gasteiger partial charge in [-0.2, -0.15) is 0 Å². The zero-order valence-electron chi connectivity index (χ0n) is 9.11. The summed E-state index contributed by atoms with van der Waals surface area (Å²) < 4.78 is 0. The van der Waals surface area contributed by atoms with Crippen molar-refractivity contribution in [2.75, 3.05) is 0 Å². The van der Waals surface area contributed by atoms with Gasteiger partial charge in [0, 0.05) is 6.04 Å². The van der Waals surface area contributed by atoms with Crippen LogP contribution < -0.4 is 5.73 Å². The third kappa shape index (κ3) is 3.44. The molecule has 84 valence electrons. The lowest BCUT2D eigenvalue weighted by Gasteiger charge is -2.12. The van der Waals surface area contributed by atoms with E-state index in [9.17, 15) is 5.11 Å². The maximum atomic E-state index is 9.32. The van der Waals surface area contributed by atoms with Gasteiger partial charge in [-0.3, -0.25) is 0 Å². The molecule has 3 nitrogen and oxygen atoms in total. The van der Waals surface area contributed by atoms with E-state index in [4.69, 9.17) is 10.8 Å². The summed E-state index contributed by atoms with van der Waals surface area (Å²) in [6.07, 6.45) is 4.36. The molecule has 0 aromatic heterocycles. The first kappa shape index (κ1) is 11.9. The third-order valence-corrected chi connectivity index (χ3v) is 2.55. The summed E-state index contributed by atoms with van der Waals surface area (Å²) in [5, 5.41) is 18.5. The van der Waals surface area contributed by atoms with Crippen LogP contribution in [0.3, 0.4) is 0 Å². The average molecular weight is 209 g/mol. The number of phenolic OH excluding ortho intramolecular Hbond substituents is 2. The molecule has 1 aromatic carbocycles. The van der Waals surface area contributed by atoms with E-state index in [1.165, 1.54) is 25.0 Å². The Bertz CT molecular complexity index is 312. The molecule has 1 aromatic rings. The van der Waals surface area contributed by atoms with Crippen molar-refractivity contribution in [3.63, 3.8) is 0 Å². The average Bonchev–Trinajstić information content (AvgIpc) is 2.22. The van der Waals surface area contributed by atoms with Gasteiger partial charge in [0.25, 0.3) is 0 Å². The van der Waals surface area contributed by atoms with Gasteiger partial charge in [-0.15, -0.1) is 0 Å². The number of unbranched alkanes of at least 4 members (excludes halogenated alkanes) is 2. The van der Waals surface area contributed by atoms with Crippen molar-refractivity contribution in [3.05, 3.63) is 23.8 Å². The van der Waals surface area contributed by atoms with Gasteiger partial charge in [0.05, 0.1) is 0 Å². The van der Waals surface area contributed by atoms with E-state index < -0.39 is 0 Å². The van der Waals surface area contributed by atoms with Gasteiger partial charge in [-0.25, -0.2) is 0 Å². The van der Waals surface area contributed by atoms with Crippen molar-refractivity contribution in [1.82, 2.24) is 0 Å². The molecular weight excluding hydrogens is 190 g/mol. The number of phenols is 2. The van der Waals surface area contributed by atoms with Crippen LogP contribution in [-0.2, 0) is 0 Å². The molecule has 1 rings (SSSR count). The number of nitrogens with two attached hydrogens (primary N) is 1. The van der Waals surface area contributed by atoms with Gasteiger partial charge >= 0.3 is 0 Å². The van der Waals surface area contributed by atoms with Crippen molar-refractivity contribution in [3.8, 4) is 11.5 Å². The summed E-state index contributed by atoms with van der Waals surface area (Å²) in [7, 11) is 0. The fourth-order valence-electron chi connectivity index (χ4n) is 1.55. The van der Waals surface area contributed by atoms with Crippen LogP contribution in [0.4, 0.5) is 0 Å². The predicted octanol–water partition coefficient (Wildman–Crippen LogP) is 2.68. The molecule has 0 saturated carbocycles. The van der Waals surface area contributed by atoms with Crippen molar-refractivity contribution < 1.29 is 10.2 Å². The minimum atomic E-state index is -0.0987. The highest BCUT2D eigenvalue weighted by molar-refractivity contribution is 5.41. The van der Waals surface area contributed by atoms with Crippen LogP contribution in [0.25, 0.3) is 0 Å². The van der Waals surface area contributed by atoms with E-state index in [2.05, 4.69) is 6.92 Å². The van der Waals surface area contributed by atoms with Gasteiger partial charge in [0.1, 0.15) is 0 Å². The van der Waals surface area contributed by atoms with Gasteiger partial charge in [-0.05, 0) is 24.1 Å². The number of benzene rings is 1. The molecule has 0 aliphatic rings. The SMILES string of the molecule is CCCCC[C@@H](N)c1ccc(O)c(O)c1. The molecule has 0 radical (unpaired) electrons. The maximum Gasteiger partial charge on any atom is 0.157 e. The van der Waals surface area contributed by atoms with Gasteiger partial charge in [0.2, 0.25) is 0 Å². The first-order chi connectivity index (χ1) is 7.15. The number of rotatable bonds is 5. The second-order valence-corrected chi connectivity index (χ2v) is 3.85. The molecule has 3 heteroatoms. The summed E-state index contributed by atoms with van der Waals surface area (Å²) >= 11 is 0. The summed E-state index contributed by atoms with van der Waals surface area (Å²) in [5.41, 5.74) is 6.84. The number of aromatic hydroxyl groups is 2. The molecule has 0 aliphatic heterocycles. The molecule has 0 heterocycles. The van der Waals surface area contributed by atoms with Crippen LogP contribution in [0.2, 0.25) is 0 Å². The minimum Gasteiger partial charge on any atom is -0.504 e. The minimum absolute atomic E-state index is 0.0527. The zero-order valence-corrected chi connectivity index (χ0v) is 9.11. The number of hydrogen-bond acceptors (Lipinski definition) is 3. The lowest BCUT2D eigenvalue weighted by molar-refractivity contribution is 0.402. The largest absolute Gasteiger partial charge is 0.504 e. The van der Waals surface area contributed by atoms with Gasteiger partial charge in [-0.1, -0.05) is 32.3 Å². The zero-order chi connectivity index (χ0) is 11.3. The molecule has 0 fully saturated rings.